The summed E-state index contributed by atoms with van der Waals surface area (Å²) in [4.78, 5) is 0. The third-order valence-corrected chi connectivity index (χ3v) is 15.9. The molecular formula is C6H20O6Si4. The maximum atomic E-state index is 5.82. The fourth-order valence-electron chi connectivity index (χ4n) is 1.50. The Hall–Kier alpha value is 0.628. The Balaban J connectivity index is 2.78. The smallest absolute Gasteiger partial charge is 0.396 e. The van der Waals surface area contributed by atoms with E-state index in [1.807, 2.05) is 26.2 Å². The van der Waals surface area contributed by atoms with E-state index in [0.717, 1.165) is 0 Å². The molecule has 96 valence electrons. The third kappa shape index (κ3) is 3.83. The molecule has 0 aromatic rings. The third-order valence-electron chi connectivity index (χ3n) is 2.26. The molecule has 10 heteroatoms. The molecule has 16 heavy (non-hydrogen) atoms. The van der Waals surface area contributed by atoms with Gasteiger partial charge in [-0.2, -0.15) is 0 Å². The monoisotopic (exact) mass is 300 g/mol. The van der Waals surface area contributed by atoms with Gasteiger partial charge in [0.15, 0.2) is 0 Å². The van der Waals surface area contributed by atoms with E-state index in [0.29, 0.717) is 0 Å². The van der Waals surface area contributed by atoms with E-state index in [1.165, 1.54) is 0 Å². The first kappa shape index (κ1) is 14.7. The van der Waals surface area contributed by atoms with Gasteiger partial charge in [-0.05, 0) is 13.1 Å². The lowest BCUT2D eigenvalue weighted by Gasteiger charge is -2.38. The highest BCUT2D eigenvalue weighted by molar-refractivity contribution is 6.81. The Bertz CT molecular complexity index is 205. The summed E-state index contributed by atoms with van der Waals surface area (Å²) in [5, 5.41) is 0. The van der Waals surface area contributed by atoms with Gasteiger partial charge in [-0.15, -0.1) is 0 Å². The van der Waals surface area contributed by atoms with Crippen molar-refractivity contribution in [2.45, 2.75) is 26.2 Å². The average Bonchev–Trinajstić information content (AvgIpc) is 2.14. The molecule has 0 aromatic carbocycles. The van der Waals surface area contributed by atoms with Crippen LogP contribution in [0, 0.1) is 0 Å². The van der Waals surface area contributed by atoms with Gasteiger partial charge in [0.05, 0.1) is 0 Å². The Morgan fingerprint density at radius 1 is 0.750 bits per heavy atom. The standard InChI is InChI=1S/C6H20O6Si4/c1-7-15(5)9-13(3)11-16(6,8-2)12-14(4)10-15/h13-14H,1-6H3. The molecule has 1 saturated heterocycles. The lowest BCUT2D eigenvalue weighted by molar-refractivity contribution is 0.133. The molecule has 0 aromatic heterocycles. The first-order chi connectivity index (χ1) is 7.32. The number of hydrogen-bond acceptors (Lipinski definition) is 6. The molecule has 1 fully saturated rings. The van der Waals surface area contributed by atoms with E-state index in [-0.39, 0.29) is 0 Å². The predicted molar refractivity (Wildman–Crippen MR) is 67.6 cm³/mol. The van der Waals surface area contributed by atoms with Crippen molar-refractivity contribution in [1.82, 2.24) is 0 Å². The fraction of sp³-hybridized carbons (Fsp3) is 1.00. The van der Waals surface area contributed by atoms with Crippen LogP contribution in [0.3, 0.4) is 0 Å². The molecule has 1 heterocycles. The normalized spacial score (nSPS) is 46.1. The Morgan fingerprint density at radius 2 is 1.00 bits per heavy atom. The summed E-state index contributed by atoms with van der Waals surface area (Å²) in [5.74, 6) is 0. The highest BCUT2D eigenvalue weighted by atomic mass is 28.5. The van der Waals surface area contributed by atoms with Crippen LogP contribution in [0.25, 0.3) is 0 Å². The van der Waals surface area contributed by atoms with E-state index in [2.05, 4.69) is 0 Å². The van der Waals surface area contributed by atoms with Crippen LogP contribution in [-0.4, -0.2) is 50.4 Å². The van der Waals surface area contributed by atoms with Crippen molar-refractivity contribution in [2.24, 2.45) is 0 Å². The second-order valence-corrected chi connectivity index (χ2v) is 14.0. The topological polar surface area (TPSA) is 55.4 Å². The van der Waals surface area contributed by atoms with Crippen molar-refractivity contribution in [3.05, 3.63) is 0 Å². The van der Waals surface area contributed by atoms with Gasteiger partial charge in [-0.1, -0.05) is 0 Å². The fourth-order valence-corrected chi connectivity index (χ4v) is 15.4. The number of rotatable bonds is 2. The van der Waals surface area contributed by atoms with Crippen LogP contribution in [0.15, 0.2) is 0 Å². The van der Waals surface area contributed by atoms with Crippen molar-refractivity contribution < 1.29 is 25.3 Å². The summed E-state index contributed by atoms with van der Waals surface area (Å²) >= 11 is 0. The predicted octanol–water partition coefficient (Wildman–Crippen LogP) is 0.197. The van der Waals surface area contributed by atoms with E-state index >= 15 is 0 Å². The molecule has 0 amide bonds. The lowest BCUT2D eigenvalue weighted by Crippen LogP contribution is -2.59. The molecular weight excluding hydrogens is 280 g/mol. The van der Waals surface area contributed by atoms with E-state index in [9.17, 15) is 0 Å². The molecule has 6 nitrogen and oxygen atoms in total. The first-order valence-corrected chi connectivity index (χ1v) is 13.8. The highest BCUT2D eigenvalue weighted by Gasteiger charge is 2.47. The molecule has 0 aliphatic carbocycles. The van der Waals surface area contributed by atoms with Crippen molar-refractivity contribution >= 4 is 36.2 Å². The van der Waals surface area contributed by atoms with Gasteiger partial charge >= 0.3 is 36.2 Å². The second kappa shape index (κ2) is 5.51. The van der Waals surface area contributed by atoms with Crippen LogP contribution in [0.4, 0.5) is 0 Å². The summed E-state index contributed by atoms with van der Waals surface area (Å²) in [5.41, 5.74) is 0. The molecule has 0 saturated carbocycles. The SMILES string of the molecule is CO[Si]1(C)O[SiH](C)O[Si](C)(OC)O[SiH](C)O1. The zero-order valence-corrected chi connectivity index (χ0v) is 14.9. The van der Waals surface area contributed by atoms with Gasteiger partial charge in [0.2, 0.25) is 0 Å². The van der Waals surface area contributed by atoms with Crippen molar-refractivity contribution in [2.75, 3.05) is 14.2 Å². The molecule has 0 N–H and O–H groups in total. The summed E-state index contributed by atoms with van der Waals surface area (Å²) in [6.45, 7) is 7.59. The van der Waals surface area contributed by atoms with E-state index in [1.54, 1.807) is 14.2 Å². The summed E-state index contributed by atoms with van der Waals surface area (Å²) < 4.78 is 33.9. The van der Waals surface area contributed by atoms with E-state index in [4.69, 9.17) is 25.3 Å². The summed E-state index contributed by atoms with van der Waals surface area (Å²) in [6.07, 6.45) is 0. The van der Waals surface area contributed by atoms with Crippen LogP contribution in [0.1, 0.15) is 0 Å². The van der Waals surface area contributed by atoms with Crippen molar-refractivity contribution in [3.63, 3.8) is 0 Å². The first-order valence-electron chi connectivity index (χ1n) is 5.14. The molecule has 0 atom stereocenters. The molecule has 1 aliphatic heterocycles. The van der Waals surface area contributed by atoms with Crippen molar-refractivity contribution in [1.29, 1.82) is 0 Å². The zero-order chi connectivity index (χ0) is 12.4. The summed E-state index contributed by atoms with van der Waals surface area (Å²) in [7, 11) is -5.58. The van der Waals surface area contributed by atoms with Crippen LogP contribution in [0.5, 0.6) is 0 Å². The van der Waals surface area contributed by atoms with Crippen LogP contribution < -0.4 is 0 Å². The Morgan fingerprint density at radius 3 is 1.19 bits per heavy atom. The highest BCUT2D eigenvalue weighted by Crippen LogP contribution is 2.21. The maximum Gasteiger partial charge on any atom is 0.479 e. The minimum absolute atomic E-state index is 1.60. The lowest BCUT2D eigenvalue weighted by atomic mass is 11.8. The van der Waals surface area contributed by atoms with Gasteiger partial charge in [-0.3, -0.25) is 0 Å². The van der Waals surface area contributed by atoms with E-state index < -0.39 is 36.2 Å². The average molecular weight is 301 g/mol. The molecule has 0 spiro atoms. The van der Waals surface area contributed by atoms with Crippen LogP contribution in [0.2, 0.25) is 26.2 Å². The number of hydrogen-bond donors (Lipinski definition) is 0. The quantitative estimate of drug-likeness (QED) is 0.679. The van der Waals surface area contributed by atoms with Gasteiger partial charge < -0.3 is 25.3 Å². The van der Waals surface area contributed by atoms with Gasteiger partial charge in [0.25, 0.3) is 0 Å². The van der Waals surface area contributed by atoms with Gasteiger partial charge in [0, 0.05) is 27.3 Å². The maximum absolute atomic E-state index is 5.82. The minimum atomic E-state index is -2.55. The molecule has 1 aliphatic rings. The molecule has 0 radical (unpaired) electrons. The van der Waals surface area contributed by atoms with Gasteiger partial charge in [0.1, 0.15) is 0 Å². The molecule has 0 bridgehead atoms. The minimum Gasteiger partial charge on any atom is -0.396 e. The molecule has 1 rings (SSSR count). The Labute approximate surface area is 102 Å². The molecule has 0 unspecified atom stereocenters. The van der Waals surface area contributed by atoms with Crippen molar-refractivity contribution in [3.8, 4) is 0 Å². The second-order valence-electron chi connectivity index (χ2n) is 3.74. The van der Waals surface area contributed by atoms with Crippen LogP contribution >= 0.6 is 0 Å². The van der Waals surface area contributed by atoms with Gasteiger partial charge in [-0.25, -0.2) is 0 Å². The Kier molecular flexibility index (Phi) is 5.06. The zero-order valence-electron chi connectivity index (χ0n) is 10.6. The van der Waals surface area contributed by atoms with Crippen LogP contribution in [-0.2, 0) is 25.3 Å². The largest absolute Gasteiger partial charge is 0.479 e. The summed E-state index contributed by atoms with van der Waals surface area (Å²) in [6, 6.07) is 0.